The summed E-state index contributed by atoms with van der Waals surface area (Å²) in [6, 6.07) is 9.79. The lowest BCUT2D eigenvalue weighted by molar-refractivity contribution is 0.263. The van der Waals surface area contributed by atoms with E-state index in [0.29, 0.717) is 18.1 Å². The van der Waals surface area contributed by atoms with Gasteiger partial charge in [0, 0.05) is 0 Å². The van der Waals surface area contributed by atoms with Crippen LogP contribution in [0.15, 0.2) is 30.3 Å². The average molecular weight is 222 g/mol. The van der Waals surface area contributed by atoms with Crippen molar-refractivity contribution in [1.82, 2.24) is 0 Å². The van der Waals surface area contributed by atoms with Gasteiger partial charge in [0.05, 0.1) is 6.61 Å². The van der Waals surface area contributed by atoms with Gasteiger partial charge in [0.15, 0.2) is 0 Å². The number of ether oxygens (including phenoxy) is 2. The van der Waals surface area contributed by atoms with Crippen molar-refractivity contribution in [2.45, 2.75) is 33.8 Å². The molecule has 0 bridgehead atoms. The quantitative estimate of drug-likeness (QED) is 0.730. The maximum absolute atomic E-state index is 5.40. The third kappa shape index (κ3) is 8.30. The Morgan fingerprint density at radius 1 is 1.19 bits per heavy atom. The highest BCUT2D eigenvalue weighted by atomic mass is 16.6. The van der Waals surface area contributed by atoms with Crippen molar-refractivity contribution in [1.29, 1.82) is 0 Å². The van der Waals surface area contributed by atoms with Crippen molar-refractivity contribution in [2.75, 3.05) is 13.2 Å². The number of rotatable bonds is 3. The molecule has 2 rings (SSSR count). The molecular formula is C14H22O2. The molecule has 0 aliphatic carbocycles. The Hall–Kier alpha value is -1.02. The molecule has 1 fully saturated rings. The second-order valence-electron chi connectivity index (χ2n) is 5.58. The van der Waals surface area contributed by atoms with Gasteiger partial charge in [-0.25, -0.2) is 0 Å². The highest BCUT2D eigenvalue weighted by Gasteiger charge is 2.22. The molecule has 90 valence electrons. The Labute approximate surface area is 98.6 Å². The molecule has 0 amide bonds. The zero-order valence-electron chi connectivity index (χ0n) is 10.7. The third-order valence-corrected chi connectivity index (χ3v) is 1.58. The van der Waals surface area contributed by atoms with Crippen molar-refractivity contribution in [2.24, 2.45) is 5.41 Å². The minimum Gasteiger partial charge on any atom is -0.491 e. The molecule has 0 N–H and O–H groups in total. The molecule has 1 saturated heterocycles. The highest BCUT2D eigenvalue weighted by molar-refractivity contribution is 5.20. The smallest absolute Gasteiger partial charge is 0.119 e. The monoisotopic (exact) mass is 222 g/mol. The van der Waals surface area contributed by atoms with Gasteiger partial charge in [0.25, 0.3) is 0 Å². The van der Waals surface area contributed by atoms with Crippen LogP contribution in [0, 0.1) is 5.41 Å². The van der Waals surface area contributed by atoms with E-state index >= 15 is 0 Å². The summed E-state index contributed by atoms with van der Waals surface area (Å²) in [5.74, 6) is 0.919. The zero-order valence-corrected chi connectivity index (χ0v) is 10.7. The maximum atomic E-state index is 5.40. The molecule has 2 nitrogen and oxygen atoms in total. The van der Waals surface area contributed by atoms with Gasteiger partial charge in [-0.15, -0.1) is 0 Å². The van der Waals surface area contributed by atoms with Crippen molar-refractivity contribution >= 4 is 0 Å². The number of epoxide rings is 1. The summed E-state index contributed by atoms with van der Waals surface area (Å²) in [6.07, 6.45) is 0.343. The summed E-state index contributed by atoms with van der Waals surface area (Å²) in [4.78, 5) is 0. The topological polar surface area (TPSA) is 21.8 Å². The van der Waals surface area contributed by atoms with Crippen molar-refractivity contribution in [3.05, 3.63) is 30.3 Å². The number of hydrogen-bond donors (Lipinski definition) is 0. The summed E-state index contributed by atoms with van der Waals surface area (Å²) in [5.41, 5.74) is 0.500. The fraction of sp³-hybridized carbons (Fsp3) is 0.571. The van der Waals surface area contributed by atoms with Gasteiger partial charge in [0.1, 0.15) is 18.5 Å². The summed E-state index contributed by atoms with van der Waals surface area (Å²) in [6.45, 7) is 10.3. The predicted molar refractivity (Wildman–Crippen MR) is 66.8 cm³/mol. The van der Waals surface area contributed by atoms with E-state index in [-0.39, 0.29) is 0 Å². The van der Waals surface area contributed by atoms with Crippen molar-refractivity contribution in [3.8, 4) is 5.75 Å². The first kappa shape index (κ1) is 13.0. The first-order valence-electron chi connectivity index (χ1n) is 5.74. The van der Waals surface area contributed by atoms with E-state index in [2.05, 4.69) is 27.7 Å². The largest absolute Gasteiger partial charge is 0.491 e. The molecule has 0 spiro atoms. The summed E-state index contributed by atoms with van der Waals surface area (Å²) in [5, 5.41) is 0. The summed E-state index contributed by atoms with van der Waals surface area (Å²) in [7, 11) is 0. The Morgan fingerprint density at radius 3 is 2.12 bits per heavy atom. The van der Waals surface area contributed by atoms with Crippen molar-refractivity contribution < 1.29 is 9.47 Å². The van der Waals surface area contributed by atoms with E-state index in [0.717, 1.165) is 12.4 Å². The lowest BCUT2D eigenvalue weighted by atomic mass is 10.0. The van der Waals surface area contributed by atoms with Gasteiger partial charge in [-0.2, -0.15) is 0 Å². The lowest BCUT2D eigenvalue weighted by Crippen LogP contribution is -2.03. The van der Waals surface area contributed by atoms with Crippen LogP contribution in [0.5, 0.6) is 5.75 Å². The minimum atomic E-state index is 0.343. The summed E-state index contributed by atoms with van der Waals surface area (Å²) < 4.78 is 10.4. The first-order valence-corrected chi connectivity index (χ1v) is 5.74. The fourth-order valence-electron chi connectivity index (χ4n) is 0.870. The van der Waals surface area contributed by atoms with Crippen LogP contribution < -0.4 is 4.74 Å². The van der Waals surface area contributed by atoms with Crippen LogP contribution in [0.1, 0.15) is 27.7 Å². The second-order valence-corrected chi connectivity index (χ2v) is 5.58. The van der Waals surface area contributed by atoms with Gasteiger partial charge < -0.3 is 9.47 Å². The van der Waals surface area contributed by atoms with E-state index < -0.39 is 0 Å². The molecule has 0 aromatic heterocycles. The predicted octanol–water partition coefficient (Wildman–Crippen LogP) is 3.52. The molecule has 0 saturated carbocycles. The molecule has 1 unspecified atom stereocenters. The molecule has 1 heterocycles. The van der Waals surface area contributed by atoms with Crippen LogP contribution in [0.3, 0.4) is 0 Å². The van der Waals surface area contributed by atoms with Crippen LogP contribution in [0.25, 0.3) is 0 Å². The van der Waals surface area contributed by atoms with Crippen LogP contribution in [0.2, 0.25) is 0 Å². The maximum Gasteiger partial charge on any atom is 0.119 e. The molecule has 1 aromatic rings. The van der Waals surface area contributed by atoms with Crippen molar-refractivity contribution in [3.63, 3.8) is 0 Å². The molecule has 16 heavy (non-hydrogen) atoms. The second kappa shape index (κ2) is 5.90. The number of benzene rings is 1. The Morgan fingerprint density at radius 2 is 1.69 bits per heavy atom. The van der Waals surface area contributed by atoms with Crippen LogP contribution >= 0.6 is 0 Å². The fourth-order valence-corrected chi connectivity index (χ4v) is 0.870. The normalized spacial score (nSPS) is 18.4. The number of para-hydroxylation sites is 1. The van der Waals surface area contributed by atoms with E-state index in [1.807, 2.05) is 30.3 Å². The molecule has 1 aliphatic heterocycles. The average Bonchev–Trinajstić information content (AvgIpc) is 2.97. The van der Waals surface area contributed by atoms with E-state index in [1.54, 1.807) is 0 Å². The lowest BCUT2D eigenvalue weighted by Gasteiger charge is -2.05. The summed E-state index contributed by atoms with van der Waals surface area (Å²) >= 11 is 0. The third-order valence-electron chi connectivity index (χ3n) is 1.58. The van der Waals surface area contributed by atoms with Crippen LogP contribution in [-0.2, 0) is 4.74 Å². The van der Waals surface area contributed by atoms with Gasteiger partial charge >= 0.3 is 0 Å². The minimum absolute atomic E-state index is 0.343. The SMILES string of the molecule is CC(C)(C)C.c1ccc(OCC2CO2)cc1. The highest BCUT2D eigenvalue weighted by Crippen LogP contribution is 2.13. The number of hydrogen-bond acceptors (Lipinski definition) is 2. The Balaban J connectivity index is 0.000000221. The van der Waals surface area contributed by atoms with Crippen LogP contribution in [0.4, 0.5) is 0 Å². The molecule has 1 aliphatic rings. The Bertz CT molecular complexity index is 277. The molecule has 2 heteroatoms. The molecular weight excluding hydrogens is 200 g/mol. The first-order chi connectivity index (χ1) is 7.45. The molecule has 1 atom stereocenters. The zero-order chi connectivity index (χ0) is 12.0. The van der Waals surface area contributed by atoms with Gasteiger partial charge in [-0.3, -0.25) is 0 Å². The standard InChI is InChI=1S/C9H10O2.C5H12/c1-2-4-8(5-3-1)10-6-9-7-11-9;1-5(2,3)4/h1-5,9H,6-7H2;1-4H3. The van der Waals surface area contributed by atoms with Gasteiger partial charge in [0.2, 0.25) is 0 Å². The van der Waals surface area contributed by atoms with Gasteiger partial charge in [-0.1, -0.05) is 45.9 Å². The van der Waals surface area contributed by atoms with E-state index in [4.69, 9.17) is 9.47 Å². The molecule has 0 radical (unpaired) electrons. The van der Waals surface area contributed by atoms with Gasteiger partial charge in [-0.05, 0) is 17.5 Å². The van der Waals surface area contributed by atoms with E-state index in [9.17, 15) is 0 Å². The van der Waals surface area contributed by atoms with Crippen LogP contribution in [-0.4, -0.2) is 19.3 Å². The Kier molecular flexibility index (Phi) is 4.81. The van der Waals surface area contributed by atoms with E-state index in [1.165, 1.54) is 0 Å². The molecule has 1 aromatic carbocycles.